The summed E-state index contributed by atoms with van der Waals surface area (Å²) < 4.78 is 5.78. The largest absolute Gasteiger partial charge is 0.460 e. The Hall–Kier alpha value is -2.60. The van der Waals surface area contributed by atoms with Crippen LogP contribution in [0.15, 0.2) is 44.8 Å². The number of fused-ring (bicyclic) bond motifs is 1. The minimum absolute atomic E-state index is 0.0138. The Bertz CT molecular complexity index is 898. The Kier molecular flexibility index (Phi) is 3.93. The van der Waals surface area contributed by atoms with Crippen molar-refractivity contribution in [3.63, 3.8) is 0 Å². The molecule has 0 radical (unpaired) electrons. The van der Waals surface area contributed by atoms with Crippen LogP contribution in [-0.2, 0) is 6.42 Å². The van der Waals surface area contributed by atoms with Gasteiger partial charge < -0.3 is 4.42 Å². The van der Waals surface area contributed by atoms with E-state index in [-0.39, 0.29) is 5.02 Å². The first kappa shape index (κ1) is 14.3. The van der Waals surface area contributed by atoms with Crippen molar-refractivity contribution in [1.29, 1.82) is 0 Å². The highest BCUT2D eigenvalue weighted by Gasteiger charge is 2.10. The molecule has 0 spiro atoms. The maximum atomic E-state index is 11.4. The molecular formula is C15H13ClN4O2. The van der Waals surface area contributed by atoms with Crippen LogP contribution >= 0.6 is 11.6 Å². The van der Waals surface area contributed by atoms with Gasteiger partial charge in [0, 0.05) is 17.4 Å². The van der Waals surface area contributed by atoms with Crippen LogP contribution in [0.25, 0.3) is 11.0 Å². The van der Waals surface area contributed by atoms with Crippen LogP contribution in [-0.4, -0.2) is 16.4 Å². The molecule has 0 aliphatic heterocycles. The number of anilines is 1. The van der Waals surface area contributed by atoms with Gasteiger partial charge in [-0.05, 0) is 6.07 Å². The monoisotopic (exact) mass is 316 g/mol. The van der Waals surface area contributed by atoms with Crippen molar-refractivity contribution in [2.45, 2.75) is 13.3 Å². The number of hydrogen-bond acceptors (Lipinski definition) is 5. The summed E-state index contributed by atoms with van der Waals surface area (Å²) in [6.07, 6.45) is 3.81. The van der Waals surface area contributed by atoms with E-state index in [9.17, 15) is 4.79 Å². The number of para-hydroxylation sites is 1. The van der Waals surface area contributed by atoms with Crippen molar-refractivity contribution in [3.05, 3.63) is 57.2 Å². The molecule has 0 bridgehead atoms. The fraction of sp³-hybridized carbons (Fsp3) is 0.133. The Labute approximate surface area is 130 Å². The van der Waals surface area contributed by atoms with E-state index in [4.69, 9.17) is 16.0 Å². The smallest absolute Gasteiger partial charge is 0.285 e. The molecule has 22 heavy (non-hydrogen) atoms. The van der Waals surface area contributed by atoms with E-state index >= 15 is 0 Å². The third-order valence-corrected chi connectivity index (χ3v) is 3.58. The normalized spacial score (nSPS) is 11.4. The molecule has 1 aromatic carbocycles. The van der Waals surface area contributed by atoms with Crippen LogP contribution in [0.1, 0.15) is 18.2 Å². The molecule has 2 heterocycles. The summed E-state index contributed by atoms with van der Waals surface area (Å²) in [6, 6.07) is 7.75. The van der Waals surface area contributed by atoms with Gasteiger partial charge in [0.2, 0.25) is 0 Å². The second kappa shape index (κ2) is 6.03. The average Bonchev–Trinajstić information content (AvgIpc) is 2.89. The number of aromatic nitrogens is 2. The molecule has 0 atom stereocenters. The van der Waals surface area contributed by atoms with E-state index in [0.29, 0.717) is 5.69 Å². The van der Waals surface area contributed by atoms with Crippen molar-refractivity contribution >= 4 is 34.5 Å². The van der Waals surface area contributed by atoms with Crippen LogP contribution in [0.5, 0.6) is 0 Å². The number of nitrogens with one attached hydrogen (secondary N) is 2. The molecule has 3 aromatic rings. The zero-order valence-electron chi connectivity index (χ0n) is 11.8. The first-order chi connectivity index (χ1) is 10.7. The van der Waals surface area contributed by atoms with E-state index in [0.717, 1.165) is 28.7 Å². The Balaban J connectivity index is 1.92. The highest BCUT2D eigenvalue weighted by Crippen LogP contribution is 2.25. The van der Waals surface area contributed by atoms with Gasteiger partial charge in [-0.1, -0.05) is 36.7 Å². The van der Waals surface area contributed by atoms with E-state index in [2.05, 4.69) is 20.7 Å². The van der Waals surface area contributed by atoms with E-state index in [1.165, 1.54) is 6.20 Å². The zero-order valence-corrected chi connectivity index (χ0v) is 12.5. The minimum Gasteiger partial charge on any atom is -0.460 e. The number of rotatable bonds is 4. The highest BCUT2D eigenvalue weighted by molar-refractivity contribution is 6.32. The fourth-order valence-electron chi connectivity index (χ4n) is 2.15. The molecule has 0 saturated heterocycles. The number of aryl methyl sites for hydroxylation is 1. The zero-order chi connectivity index (χ0) is 15.5. The number of halogens is 1. The van der Waals surface area contributed by atoms with E-state index in [1.54, 1.807) is 6.21 Å². The summed E-state index contributed by atoms with van der Waals surface area (Å²) in [4.78, 5) is 11.4. The lowest BCUT2D eigenvalue weighted by atomic mass is 10.1. The second-order valence-electron chi connectivity index (χ2n) is 4.59. The van der Waals surface area contributed by atoms with Gasteiger partial charge in [0.1, 0.15) is 22.1 Å². The highest BCUT2D eigenvalue weighted by atomic mass is 35.5. The Morgan fingerprint density at radius 2 is 2.27 bits per heavy atom. The lowest BCUT2D eigenvalue weighted by Crippen LogP contribution is -2.10. The summed E-state index contributed by atoms with van der Waals surface area (Å²) in [7, 11) is 0. The molecule has 0 unspecified atom stereocenters. The van der Waals surface area contributed by atoms with Gasteiger partial charge >= 0.3 is 0 Å². The third-order valence-electron chi connectivity index (χ3n) is 3.21. The molecule has 0 aliphatic rings. The number of furan rings is 1. The maximum absolute atomic E-state index is 11.4. The Morgan fingerprint density at radius 3 is 3.09 bits per heavy atom. The molecule has 2 aromatic heterocycles. The summed E-state index contributed by atoms with van der Waals surface area (Å²) in [5.74, 6) is 0.849. The van der Waals surface area contributed by atoms with Crippen molar-refractivity contribution in [1.82, 2.24) is 10.2 Å². The molecule has 0 amide bonds. The molecule has 6 nitrogen and oxygen atoms in total. The van der Waals surface area contributed by atoms with Crippen LogP contribution in [0.3, 0.4) is 0 Å². The number of hydrazone groups is 1. The lowest BCUT2D eigenvalue weighted by molar-refractivity contribution is 0.556. The van der Waals surface area contributed by atoms with E-state index in [1.807, 2.05) is 31.2 Å². The topological polar surface area (TPSA) is 83.3 Å². The first-order valence-electron chi connectivity index (χ1n) is 6.73. The number of aromatic amines is 1. The summed E-state index contributed by atoms with van der Waals surface area (Å²) in [5, 5.41) is 11.0. The fourth-order valence-corrected chi connectivity index (χ4v) is 2.28. The Morgan fingerprint density at radius 1 is 1.45 bits per heavy atom. The van der Waals surface area contributed by atoms with Gasteiger partial charge in [-0.15, -0.1) is 0 Å². The third kappa shape index (κ3) is 2.60. The quantitative estimate of drug-likeness (QED) is 0.572. The molecule has 3 rings (SSSR count). The molecular weight excluding hydrogens is 304 g/mol. The second-order valence-corrected chi connectivity index (χ2v) is 4.96. The van der Waals surface area contributed by atoms with Crippen molar-refractivity contribution < 1.29 is 4.42 Å². The number of hydrogen-bond donors (Lipinski definition) is 2. The lowest BCUT2D eigenvalue weighted by Gasteiger charge is -2.00. The van der Waals surface area contributed by atoms with E-state index < -0.39 is 5.56 Å². The molecule has 0 saturated carbocycles. The number of H-pyrrole nitrogens is 1. The summed E-state index contributed by atoms with van der Waals surface area (Å²) >= 11 is 5.87. The molecule has 2 N–H and O–H groups in total. The predicted octanol–water partition coefficient (Wildman–Crippen LogP) is 3.18. The molecule has 112 valence electrons. The standard InChI is InChI=1S/C15H13ClN4O2/c1-2-12-10(9-5-3-4-6-13(9)22-12)7-17-19-11-8-18-20-15(21)14(11)16/h3-8H,2H2,1H3,(H2,19,20,21)/b17-7-. The van der Waals surface area contributed by atoms with Crippen molar-refractivity contribution in [2.24, 2.45) is 5.10 Å². The molecule has 7 heteroatoms. The first-order valence-corrected chi connectivity index (χ1v) is 7.11. The van der Waals surface area contributed by atoms with Gasteiger partial charge in [-0.3, -0.25) is 10.2 Å². The van der Waals surface area contributed by atoms with Crippen LogP contribution in [0.4, 0.5) is 5.69 Å². The number of benzene rings is 1. The predicted molar refractivity (Wildman–Crippen MR) is 86.7 cm³/mol. The van der Waals surface area contributed by atoms with Gasteiger partial charge in [-0.2, -0.15) is 10.2 Å². The number of nitrogens with zero attached hydrogens (tertiary/aromatic N) is 2. The van der Waals surface area contributed by atoms with Gasteiger partial charge in [-0.25, -0.2) is 5.10 Å². The minimum atomic E-state index is -0.468. The van der Waals surface area contributed by atoms with Gasteiger partial charge in [0.05, 0.1) is 12.4 Å². The van der Waals surface area contributed by atoms with Crippen LogP contribution in [0.2, 0.25) is 5.02 Å². The SMILES string of the molecule is CCc1oc2ccccc2c1/C=N\Nc1cn[nH]c(=O)c1Cl. The van der Waals surface area contributed by atoms with Gasteiger partial charge in [0.15, 0.2) is 0 Å². The van der Waals surface area contributed by atoms with Crippen LogP contribution in [0, 0.1) is 0 Å². The maximum Gasteiger partial charge on any atom is 0.285 e. The van der Waals surface area contributed by atoms with Crippen molar-refractivity contribution in [2.75, 3.05) is 5.43 Å². The van der Waals surface area contributed by atoms with Crippen LogP contribution < -0.4 is 11.0 Å². The summed E-state index contributed by atoms with van der Waals surface area (Å²) in [5.41, 5.74) is 4.31. The average molecular weight is 317 g/mol. The molecule has 0 aliphatic carbocycles. The van der Waals surface area contributed by atoms with Crippen molar-refractivity contribution in [3.8, 4) is 0 Å². The summed E-state index contributed by atoms with van der Waals surface area (Å²) in [6.45, 7) is 2.01. The molecule has 0 fully saturated rings. The van der Waals surface area contributed by atoms with Gasteiger partial charge in [0.25, 0.3) is 5.56 Å².